The average molecular weight is 273 g/mol. The average Bonchev–Trinajstić information content (AvgIpc) is 3.00. The van der Waals surface area contributed by atoms with Crippen LogP contribution in [-0.4, -0.2) is 43.7 Å². The van der Waals surface area contributed by atoms with Gasteiger partial charge in [0.25, 0.3) is 0 Å². The summed E-state index contributed by atoms with van der Waals surface area (Å²) in [5.74, 6) is 1.26. The summed E-state index contributed by atoms with van der Waals surface area (Å²) in [5, 5.41) is 2.86. The summed E-state index contributed by atoms with van der Waals surface area (Å²) in [6, 6.07) is 8.78. The highest BCUT2D eigenvalue weighted by Gasteiger charge is 2.30. The van der Waals surface area contributed by atoms with Gasteiger partial charge in [-0.05, 0) is 17.5 Å². The Hall–Kier alpha value is -1.71. The highest BCUT2D eigenvalue weighted by molar-refractivity contribution is 5.76. The first kappa shape index (κ1) is 13.3. The molecule has 0 spiro atoms. The summed E-state index contributed by atoms with van der Waals surface area (Å²) in [5.41, 5.74) is 2.82. The maximum absolute atomic E-state index is 11.6. The number of rotatable bonds is 4. The van der Waals surface area contributed by atoms with Gasteiger partial charge in [0.15, 0.2) is 0 Å². The van der Waals surface area contributed by atoms with Crippen molar-refractivity contribution in [3.8, 4) is 0 Å². The third-order valence-corrected chi connectivity index (χ3v) is 4.48. The first-order valence-corrected chi connectivity index (χ1v) is 7.53. The van der Waals surface area contributed by atoms with Gasteiger partial charge in [-0.3, -0.25) is 0 Å². The molecule has 0 aromatic heterocycles. The van der Waals surface area contributed by atoms with Gasteiger partial charge in [0, 0.05) is 44.3 Å². The zero-order valence-electron chi connectivity index (χ0n) is 12.3. The van der Waals surface area contributed by atoms with E-state index in [1.54, 1.807) is 0 Å². The van der Waals surface area contributed by atoms with Crippen LogP contribution < -0.4 is 10.2 Å². The molecule has 4 heteroatoms. The normalized spacial score (nSPS) is 21.6. The smallest absolute Gasteiger partial charge is 0.317 e. The molecule has 0 aliphatic carbocycles. The van der Waals surface area contributed by atoms with Crippen molar-refractivity contribution in [2.75, 3.05) is 37.6 Å². The van der Waals surface area contributed by atoms with Crippen LogP contribution in [0.4, 0.5) is 10.5 Å². The van der Waals surface area contributed by atoms with Crippen molar-refractivity contribution in [1.29, 1.82) is 0 Å². The van der Waals surface area contributed by atoms with Crippen LogP contribution in [0.2, 0.25) is 0 Å². The molecule has 1 saturated heterocycles. The molecule has 2 aliphatic heterocycles. The molecule has 4 nitrogen and oxygen atoms in total. The molecule has 0 bridgehead atoms. The Morgan fingerprint density at radius 3 is 2.70 bits per heavy atom. The number of para-hydroxylation sites is 1. The van der Waals surface area contributed by atoms with E-state index in [1.807, 2.05) is 4.90 Å². The first-order chi connectivity index (χ1) is 9.66. The number of hydrogen-bond donors (Lipinski definition) is 1. The number of benzene rings is 1. The molecule has 1 N–H and O–H groups in total. The Morgan fingerprint density at radius 1 is 1.25 bits per heavy atom. The second-order valence-electron chi connectivity index (χ2n) is 6.07. The molecular weight excluding hydrogens is 250 g/mol. The Balaban J connectivity index is 1.70. The standard InChI is InChI=1S/C16H23N3O/c1-12(2)14-11-19(15-6-4-3-5-13(14)15)10-9-18-8-7-17-16(18)20/h3-6,12,14H,7-11H2,1-2H3,(H,17,20)/t14-/m0/s1. The van der Waals surface area contributed by atoms with E-state index in [9.17, 15) is 4.79 Å². The van der Waals surface area contributed by atoms with Crippen LogP contribution in [-0.2, 0) is 0 Å². The van der Waals surface area contributed by atoms with E-state index in [4.69, 9.17) is 0 Å². The lowest BCUT2D eigenvalue weighted by Gasteiger charge is -2.24. The fourth-order valence-corrected chi connectivity index (χ4v) is 3.27. The lowest BCUT2D eigenvalue weighted by atomic mass is 9.90. The van der Waals surface area contributed by atoms with Gasteiger partial charge in [-0.1, -0.05) is 32.0 Å². The van der Waals surface area contributed by atoms with Crippen molar-refractivity contribution < 1.29 is 4.79 Å². The molecule has 0 saturated carbocycles. The van der Waals surface area contributed by atoms with Crippen LogP contribution in [0, 0.1) is 5.92 Å². The van der Waals surface area contributed by atoms with Crippen molar-refractivity contribution in [3.05, 3.63) is 29.8 Å². The SMILES string of the molecule is CC(C)[C@@H]1CN(CCN2CCNC2=O)c2ccccc21. The Kier molecular flexibility index (Phi) is 3.55. The molecule has 2 aliphatic rings. The predicted octanol–water partition coefficient (Wildman–Crippen LogP) is 2.27. The number of anilines is 1. The van der Waals surface area contributed by atoms with E-state index in [1.165, 1.54) is 11.3 Å². The van der Waals surface area contributed by atoms with E-state index in [0.717, 1.165) is 32.7 Å². The van der Waals surface area contributed by atoms with Gasteiger partial charge in [0.05, 0.1) is 0 Å². The molecule has 1 aromatic carbocycles. The number of amides is 2. The Bertz CT molecular complexity index is 500. The molecule has 20 heavy (non-hydrogen) atoms. The number of carbonyl (C=O) groups excluding carboxylic acids is 1. The van der Waals surface area contributed by atoms with E-state index in [-0.39, 0.29) is 6.03 Å². The number of nitrogens with zero attached hydrogens (tertiary/aromatic N) is 2. The molecule has 1 atom stereocenters. The lowest BCUT2D eigenvalue weighted by molar-refractivity contribution is 0.218. The van der Waals surface area contributed by atoms with Crippen LogP contribution >= 0.6 is 0 Å². The van der Waals surface area contributed by atoms with Crippen molar-refractivity contribution in [2.45, 2.75) is 19.8 Å². The van der Waals surface area contributed by atoms with Crippen molar-refractivity contribution in [1.82, 2.24) is 10.2 Å². The largest absolute Gasteiger partial charge is 0.369 e. The van der Waals surface area contributed by atoms with E-state index < -0.39 is 0 Å². The molecule has 1 aromatic rings. The number of fused-ring (bicyclic) bond motifs is 1. The molecule has 0 unspecified atom stereocenters. The van der Waals surface area contributed by atoms with Gasteiger partial charge in [-0.2, -0.15) is 0 Å². The fourth-order valence-electron chi connectivity index (χ4n) is 3.27. The van der Waals surface area contributed by atoms with Crippen LogP contribution in [0.25, 0.3) is 0 Å². The first-order valence-electron chi connectivity index (χ1n) is 7.53. The topological polar surface area (TPSA) is 35.6 Å². The van der Waals surface area contributed by atoms with Gasteiger partial charge in [-0.15, -0.1) is 0 Å². The van der Waals surface area contributed by atoms with Crippen LogP contribution in [0.5, 0.6) is 0 Å². The zero-order valence-corrected chi connectivity index (χ0v) is 12.3. The predicted molar refractivity (Wildman–Crippen MR) is 81.2 cm³/mol. The minimum atomic E-state index is 0.0814. The Labute approximate surface area is 120 Å². The molecule has 0 radical (unpaired) electrons. The highest BCUT2D eigenvalue weighted by atomic mass is 16.2. The van der Waals surface area contributed by atoms with Crippen LogP contribution in [0.3, 0.4) is 0 Å². The fraction of sp³-hybridized carbons (Fsp3) is 0.562. The quantitative estimate of drug-likeness (QED) is 0.913. The molecule has 1 fully saturated rings. The minimum absolute atomic E-state index is 0.0814. The van der Waals surface area contributed by atoms with Gasteiger partial charge in [0.1, 0.15) is 0 Å². The summed E-state index contributed by atoms with van der Waals surface area (Å²) in [7, 11) is 0. The van der Waals surface area contributed by atoms with Gasteiger partial charge >= 0.3 is 6.03 Å². The second kappa shape index (κ2) is 5.35. The second-order valence-corrected chi connectivity index (χ2v) is 6.07. The minimum Gasteiger partial charge on any atom is -0.369 e. The van der Waals surface area contributed by atoms with E-state index in [0.29, 0.717) is 11.8 Å². The number of carbonyl (C=O) groups is 1. The van der Waals surface area contributed by atoms with Crippen molar-refractivity contribution in [2.24, 2.45) is 5.92 Å². The highest BCUT2D eigenvalue weighted by Crippen LogP contribution is 2.39. The van der Waals surface area contributed by atoms with Crippen molar-refractivity contribution in [3.63, 3.8) is 0 Å². The zero-order chi connectivity index (χ0) is 14.1. The third-order valence-electron chi connectivity index (χ3n) is 4.48. The van der Waals surface area contributed by atoms with E-state index in [2.05, 4.69) is 48.3 Å². The summed E-state index contributed by atoms with van der Waals surface area (Å²) in [6.07, 6.45) is 0. The van der Waals surface area contributed by atoms with Gasteiger partial charge in [0.2, 0.25) is 0 Å². The maximum atomic E-state index is 11.6. The van der Waals surface area contributed by atoms with Crippen LogP contribution in [0.1, 0.15) is 25.3 Å². The summed E-state index contributed by atoms with van der Waals surface area (Å²) < 4.78 is 0. The van der Waals surface area contributed by atoms with Crippen LogP contribution in [0.15, 0.2) is 24.3 Å². The molecular formula is C16H23N3O. The summed E-state index contributed by atoms with van der Waals surface area (Å²) in [4.78, 5) is 15.9. The molecule has 3 rings (SSSR count). The monoisotopic (exact) mass is 273 g/mol. The van der Waals surface area contributed by atoms with E-state index >= 15 is 0 Å². The molecule has 108 valence electrons. The maximum Gasteiger partial charge on any atom is 0.317 e. The lowest BCUT2D eigenvalue weighted by Crippen LogP contribution is -2.36. The third kappa shape index (κ3) is 2.35. The summed E-state index contributed by atoms with van der Waals surface area (Å²) in [6.45, 7) is 9.01. The van der Waals surface area contributed by atoms with Gasteiger partial charge in [-0.25, -0.2) is 4.79 Å². The summed E-state index contributed by atoms with van der Waals surface area (Å²) >= 11 is 0. The Morgan fingerprint density at radius 2 is 2.00 bits per heavy atom. The van der Waals surface area contributed by atoms with Gasteiger partial charge < -0.3 is 15.1 Å². The number of nitrogens with one attached hydrogen (secondary N) is 1. The van der Waals surface area contributed by atoms with Crippen molar-refractivity contribution >= 4 is 11.7 Å². The number of hydrogen-bond acceptors (Lipinski definition) is 2. The molecule has 2 amide bonds. The molecule has 2 heterocycles. The number of urea groups is 1.